The number of nitrogens with zero attached hydrogens (tertiary/aromatic N) is 2. The monoisotopic (exact) mass is 299 g/mol. The second-order valence-electron chi connectivity index (χ2n) is 4.76. The van der Waals surface area contributed by atoms with Crippen molar-refractivity contribution in [1.82, 2.24) is 4.31 Å². The number of hydrogen-bond donors (Lipinski definition) is 1. The van der Waals surface area contributed by atoms with Crippen LogP contribution in [0.4, 0.5) is 5.69 Å². The lowest BCUT2D eigenvalue weighted by atomic mass is 10.2. The SMILES string of the molecule is NC1CCCCCN1S(=O)(=O)c1ccccc1[N+](=O)[O-]. The molecule has 1 aromatic carbocycles. The Kier molecular flexibility index (Phi) is 4.36. The Bertz CT molecular complexity index is 602. The Morgan fingerprint density at radius 2 is 1.95 bits per heavy atom. The molecular weight excluding hydrogens is 282 g/mol. The van der Waals surface area contributed by atoms with Crippen LogP contribution < -0.4 is 5.73 Å². The van der Waals surface area contributed by atoms with Crippen LogP contribution in [0.15, 0.2) is 29.2 Å². The molecule has 110 valence electrons. The number of nitrogens with two attached hydrogens (primary N) is 1. The van der Waals surface area contributed by atoms with Gasteiger partial charge in [0.2, 0.25) is 0 Å². The smallest absolute Gasteiger partial charge is 0.289 e. The van der Waals surface area contributed by atoms with E-state index in [0.717, 1.165) is 12.8 Å². The van der Waals surface area contributed by atoms with E-state index < -0.39 is 26.8 Å². The molecule has 7 nitrogen and oxygen atoms in total. The van der Waals surface area contributed by atoms with Crippen LogP contribution in [0.1, 0.15) is 25.7 Å². The first-order valence-electron chi connectivity index (χ1n) is 6.45. The molecule has 1 fully saturated rings. The van der Waals surface area contributed by atoms with Crippen molar-refractivity contribution in [1.29, 1.82) is 0 Å². The van der Waals surface area contributed by atoms with Crippen LogP contribution in [0, 0.1) is 10.1 Å². The van der Waals surface area contributed by atoms with Crippen molar-refractivity contribution in [3.63, 3.8) is 0 Å². The number of rotatable bonds is 3. The number of sulfonamides is 1. The topological polar surface area (TPSA) is 107 Å². The van der Waals surface area contributed by atoms with Crippen molar-refractivity contribution < 1.29 is 13.3 Å². The maximum Gasteiger partial charge on any atom is 0.289 e. The van der Waals surface area contributed by atoms with Crippen LogP contribution in [0.25, 0.3) is 0 Å². The summed E-state index contributed by atoms with van der Waals surface area (Å²) in [5, 5.41) is 11.0. The van der Waals surface area contributed by atoms with Gasteiger partial charge < -0.3 is 5.73 Å². The van der Waals surface area contributed by atoms with Crippen LogP contribution in [0.2, 0.25) is 0 Å². The maximum absolute atomic E-state index is 12.6. The molecule has 8 heteroatoms. The Morgan fingerprint density at radius 1 is 1.25 bits per heavy atom. The standard InChI is InChI=1S/C12H17N3O4S/c13-12-8-2-1-5-9-14(12)20(18,19)11-7-4-3-6-10(11)15(16)17/h3-4,6-7,12H,1-2,5,8-9,13H2. The number of nitro groups is 1. The van der Waals surface area contributed by atoms with E-state index in [1.54, 1.807) is 0 Å². The summed E-state index contributed by atoms with van der Waals surface area (Å²) in [6.07, 6.45) is 2.44. The molecule has 0 aromatic heterocycles. The van der Waals surface area contributed by atoms with E-state index in [9.17, 15) is 18.5 Å². The molecule has 0 spiro atoms. The Morgan fingerprint density at radius 3 is 2.65 bits per heavy atom. The second kappa shape index (κ2) is 5.86. The summed E-state index contributed by atoms with van der Waals surface area (Å²) < 4.78 is 26.4. The van der Waals surface area contributed by atoms with Gasteiger partial charge in [-0.3, -0.25) is 10.1 Å². The minimum atomic E-state index is -3.94. The van der Waals surface area contributed by atoms with Gasteiger partial charge in [0.15, 0.2) is 4.90 Å². The molecule has 1 saturated heterocycles. The number of hydrogen-bond acceptors (Lipinski definition) is 5. The van der Waals surface area contributed by atoms with Gasteiger partial charge in [0.05, 0.1) is 11.1 Å². The average Bonchev–Trinajstić information content (AvgIpc) is 2.63. The summed E-state index contributed by atoms with van der Waals surface area (Å²) in [7, 11) is -3.94. The van der Waals surface area contributed by atoms with Gasteiger partial charge >= 0.3 is 0 Å². The zero-order valence-corrected chi connectivity index (χ0v) is 11.8. The van der Waals surface area contributed by atoms with Crippen LogP contribution in [0.3, 0.4) is 0 Å². The molecule has 1 atom stereocenters. The molecule has 1 aromatic rings. The van der Waals surface area contributed by atoms with Gasteiger partial charge in [-0.25, -0.2) is 8.42 Å². The highest BCUT2D eigenvalue weighted by molar-refractivity contribution is 7.89. The predicted octanol–water partition coefficient (Wildman–Crippen LogP) is 1.44. The number of para-hydroxylation sites is 1. The second-order valence-corrected chi connectivity index (χ2v) is 6.62. The van der Waals surface area contributed by atoms with Crippen molar-refractivity contribution in [2.24, 2.45) is 5.73 Å². The molecule has 1 aliphatic heterocycles. The van der Waals surface area contributed by atoms with E-state index >= 15 is 0 Å². The summed E-state index contributed by atoms with van der Waals surface area (Å²) >= 11 is 0. The summed E-state index contributed by atoms with van der Waals surface area (Å²) in [6.45, 7) is 0.301. The summed E-state index contributed by atoms with van der Waals surface area (Å²) in [5.74, 6) is 0. The zero-order chi connectivity index (χ0) is 14.8. The Hall–Kier alpha value is -1.51. The first kappa shape index (κ1) is 14.9. The zero-order valence-electron chi connectivity index (χ0n) is 10.9. The highest BCUT2D eigenvalue weighted by Crippen LogP contribution is 2.28. The minimum Gasteiger partial charge on any atom is -0.315 e. The first-order valence-corrected chi connectivity index (χ1v) is 7.89. The van der Waals surface area contributed by atoms with E-state index in [1.165, 1.54) is 28.6 Å². The van der Waals surface area contributed by atoms with Crippen LogP contribution in [-0.2, 0) is 10.0 Å². The van der Waals surface area contributed by atoms with Gasteiger partial charge in [0, 0.05) is 12.6 Å². The molecule has 1 heterocycles. The molecule has 0 radical (unpaired) electrons. The third-order valence-electron chi connectivity index (χ3n) is 3.40. The first-order chi connectivity index (χ1) is 9.44. The largest absolute Gasteiger partial charge is 0.315 e. The predicted molar refractivity (Wildman–Crippen MR) is 73.4 cm³/mol. The molecule has 0 amide bonds. The lowest BCUT2D eigenvalue weighted by molar-refractivity contribution is -0.387. The van der Waals surface area contributed by atoms with E-state index in [1.807, 2.05) is 0 Å². The van der Waals surface area contributed by atoms with Crippen molar-refractivity contribution in [3.05, 3.63) is 34.4 Å². The summed E-state index contributed by atoms with van der Waals surface area (Å²) in [5.41, 5.74) is 5.49. The molecule has 0 bridgehead atoms. The summed E-state index contributed by atoms with van der Waals surface area (Å²) in [4.78, 5) is 10.0. The van der Waals surface area contributed by atoms with Crippen LogP contribution >= 0.6 is 0 Å². The molecular formula is C12H17N3O4S. The van der Waals surface area contributed by atoms with Crippen molar-refractivity contribution >= 4 is 15.7 Å². The van der Waals surface area contributed by atoms with Crippen molar-refractivity contribution in [2.45, 2.75) is 36.7 Å². The molecule has 20 heavy (non-hydrogen) atoms. The molecule has 0 saturated carbocycles. The molecule has 1 unspecified atom stereocenters. The fourth-order valence-corrected chi connectivity index (χ4v) is 4.10. The lowest BCUT2D eigenvalue weighted by Crippen LogP contribution is -2.45. The molecule has 1 aliphatic rings. The van der Waals surface area contributed by atoms with Gasteiger partial charge in [-0.15, -0.1) is 0 Å². The average molecular weight is 299 g/mol. The van der Waals surface area contributed by atoms with E-state index in [0.29, 0.717) is 19.4 Å². The quantitative estimate of drug-likeness (QED) is 0.671. The Balaban J connectivity index is 2.46. The van der Waals surface area contributed by atoms with E-state index in [-0.39, 0.29) is 4.90 Å². The lowest BCUT2D eigenvalue weighted by Gasteiger charge is -2.25. The van der Waals surface area contributed by atoms with Crippen molar-refractivity contribution in [2.75, 3.05) is 6.54 Å². The van der Waals surface area contributed by atoms with E-state index in [2.05, 4.69) is 0 Å². The van der Waals surface area contributed by atoms with Gasteiger partial charge in [-0.1, -0.05) is 25.0 Å². The van der Waals surface area contributed by atoms with E-state index in [4.69, 9.17) is 5.73 Å². The van der Waals surface area contributed by atoms with Gasteiger partial charge in [0.25, 0.3) is 15.7 Å². The van der Waals surface area contributed by atoms with Gasteiger partial charge in [-0.05, 0) is 18.9 Å². The molecule has 2 rings (SSSR count). The normalized spacial score (nSPS) is 21.4. The minimum absolute atomic E-state index is 0.289. The van der Waals surface area contributed by atoms with Crippen molar-refractivity contribution in [3.8, 4) is 0 Å². The number of benzene rings is 1. The fraction of sp³-hybridized carbons (Fsp3) is 0.500. The molecule has 0 aliphatic carbocycles. The van der Waals surface area contributed by atoms with Gasteiger partial charge in [0.1, 0.15) is 0 Å². The highest BCUT2D eigenvalue weighted by atomic mass is 32.2. The van der Waals surface area contributed by atoms with Gasteiger partial charge in [-0.2, -0.15) is 4.31 Å². The summed E-state index contributed by atoms with van der Waals surface area (Å²) in [6, 6.07) is 5.37. The maximum atomic E-state index is 12.6. The Labute approximate surface area is 117 Å². The fourth-order valence-electron chi connectivity index (χ4n) is 2.36. The third-order valence-corrected chi connectivity index (χ3v) is 5.37. The highest BCUT2D eigenvalue weighted by Gasteiger charge is 2.34. The third kappa shape index (κ3) is 2.82. The number of nitro benzene ring substituents is 1. The van der Waals surface area contributed by atoms with Crippen LogP contribution in [0.5, 0.6) is 0 Å². The van der Waals surface area contributed by atoms with Crippen LogP contribution in [-0.4, -0.2) is 30.4 Å². The molecule has 2 N–H and O–H groups in total.